The minimum atomic E-state index is -1.18. The molecule has 0 bridgehead atoms. The SMILES string of the molecule is CCOc1ccccc1NC(=O)CN1CCc2cc(OC)c(OC)cc2C1CC(=O)[O-]. The maximum atomic E-state index is 12.8. The van der Waals surface area contributed by atoms with Crippen molar-refractivity contribution in [3.63, 3.8) is 0 Å². The molecule has 1 atom stereocenters. The second-order valence-corrected chi connectivity index (χ2v) is 7.20. The molecule has 1 amide bonds. The van der Waals surface area contributed by atoms with Gasteiger partial charge in [0, 0.05) is 25.0 Å². The molecule has 1 heterocycles. The van der Waals surface area contributed by atoms with Crippen molar-refractivity contribution in [2.24, 2.45) is 0 Å². The number of nitrogens with zero attached hydrogens (tertiary/aromatic N) is 1. The molecule has 31 heavy (non-hydrogen) atoms. The monoisotopic (exact) mass is 427 g/mol. The second-order valence-electron chi connectivity index (χ2n) is 7.20. The Morgan fingerprint density at radius 1 is 1.13 bits per heavy atom. The Kier molecular flexibility index (Phi) is 7.36. The van der Waals surface area contributed by atoms with Gasteiger partial charge in [-0.15, -0.1) is 0 Å². The van der Waals surface area contributed by atoms with Crippen LogP contribution in [-0.4, -0.2) is 50.7 Å². The van der Waals surface area contributed by atoms with Gasteiger partial charge in [0.2, 0.25) is 5.91 Å². The van der Waals surface area contributed by atoms with E-state index in [4.69, 9.17) is 14.2 Å². The molecular formula is C23H27N2O6-. The first kappa shape index (κ1) is 22.4. The number of benzene rings is 2. The van der Waals surface area contributed by atoms with Crippen molar-refractivity contribution in [1.29, 1.82) is 0 Å². The maximum Gasteiger partial charge on any atom is 0.238 e. The molecule has 2 aromatic rings. The fraction of sp³-hybridized carbons (Fsp3) is 0.391. The number of anilines is 1. The summed E-state index contributed by atoms with van der Waals surface area (Å²) in [5.41, 5.74) is 2.35. The van der Waals surface area contributed by atoms with Crippen molar-refractivity contribution >= 4 is 17.6 Å². The summed E-state index contributed by atoms with van der Waals surface area (Å²) < 4.78 is 16.3. The summed E-state index contributed by atoms with van der Waals surface area (Å²) in [6.07, 6.45) is 0.424. The Morgan fingerprint density at radius 3 is 2.52 bits per heavy atom. The van der Waals surface area contributed by atoms with Crippen LogP contribution in [0.25, 0.3) is 0 Å². The molecule has 1 unspecified atom stereocenters. The van der Waals surface area contributed by atoms with Gasteiger partial charge in [-0.3, -0.25) is 9.69 Å². The fourth-order valence-corrected chi connectivity index (χ4v) is 3.89. The maximum absolute atomic E-state index is 12.8. The summed E-state index contributed by atoms with van der Waals surface area (Å²) in [6.45, 7) is 2.92. The molecule has 0 aromatic heterocycles. The van der Waals surface area contributed by atoms with Crippen LogP contribution in [0.4, 0.5) is 5.69 Å². The Hall–Kier alpha value is -3.26. The average Bonchev–Trinajstić information content (AvgIpc) is 2.75. The molecule has 166 valence electrons. The molecule has 0 aliphatic carbocycles. The summed E-state index contributed by atoms with van der Waals surface area (Å²) in [7, 11) is 3.09. The van der Waals surface area contributed by atoms with E-state index < -0.39 is 12.0 Å². The smallest absolute Gasteiger partial charge is 0.238 e. The van der Waals surface area contributed by atoms with Crippen molar-refractivity contribution in [3.05, 3.63) is 47.5 Å². The lowest BCUT2D eigenvalue weighted by molar-refractivity contribution is -0.307. The summed E-state index contributed by atoms with van der Waals surface area (Å²) in [5, 5.41) is 14.4. The van der Waals surface area contributed by atoms with E-state index in [-0.39, 0.29) is 18.9 Å². The van der Waals surface area contributed by atoms with Crippen LogP contribution in [0.1, 0.15) is 30.5 Å². The van der Waals surface area contributed by atoms with Crippen molar-refractivity contribution in [1.82, 2.24) is 4.90 Å². The van der Waals surface area contributed by atoms with Gasteiger partial charge in [-0.1, -0.05) is 12.1 Å². The van der Waals surface area contributed by atoms with Crippen molar-refractivity contribution in [2.75, 3.05) is 39.2 Å². The Morgan fingerprint density at radius 2 is 1.84 bits per heavy atom. The van der Waals surface area contributed by atoms with Crippen LogP contribution in [0.3, 0.4) is 0 Å². The van der Waals surface area contributed by atoms with Crippen molar-refractivity contribution in [3.8, 4) is 17.2 Å². The lowest BCUT2D eigenvalue weighted by Crippen LogP contribution is -2.43. The van der Waals surface area contributed by atoms with Gasteiger partial charge in [0.05, 0.1) is 33.1 Å². The molecule has 1 aliphatic rings. The topological polar surface area (TPSA) is 100 Å². The van der Waals surface area contributed by atoms with E-state index in [9.17, 15) is 14.7 Å². The largest absolute Gasteiger partial charge is 0.550 e. The van der Waals surface area contributed by atoms with E-state index in [1.807, 2.05) is 30.0 Å². The lowest BCUT2D eigenvalue weighted by atomic mass is 9.90. The van der Waals surface area contributed by atoms with Gasteiger partial charge in [0.25, 0.3) is 0 Å². The minimum absolute atomic E-state index is 0.0339. The number of ether oxygens (including phenoxy) is 3. The number of carbonyl (C=O) groups excluding carboxylic acids is 2. The number of nitrogens with one attached hydrogen (secondary N) is 1. The highest BCUT2D eigenvalue weighted by atomic mass is 16.5. The number of methoxy groups -OCH3 is 2. The Bertz CT molecular complexity index is 946. The molecule has 0 saturated carbocycles. The van der Waals surface area contributed by atoms with E-state index in [1.165, 1.54) is 7.11 Å². The highest BCUT2D eigenvalue weighted by Crippen LogP contribution is 2.39. The number of rotatable bonds is 9. The van der Waals surface area contributed by atoms with Gasteiger partial charge in [-0.25, -0.2) is 0 Å². The molecule has 1 aliphatic heterocycles. The third-order valence-corrected chi connectivity index (χ3v) is 5.28. The fourth-order valence-electron chi connectivity index (χ4n) is 3.89. The standard InChI is InChI=1S/C23H28N2O6/c1-4-31-19-8-6-5-7-17(19)24-22(26)14-25-10-9-15-11-20(29-2)21(30-3)12-16(15)18(25)13-23(27)28/h5-8,11-12,18H,4,9-10,13-14H2,1-3H3,(H,24,26)(H,27,28)/p-1. The molecule has 3 rings (SSSR count). The van der Waals surface area contributed by atoms with Crippen LogP contribution in [-0.2, 0) is 16.0 Å². The normalized spacial score (nSPS) is 15.6. The van der Waals surface area contributed by atoms with Crippen LogP contribution in [0, 0.1) is 0 Å². The zero-order valence-corrected chi connectivity index (χ0v) is 18.0. The number of carboxylic acid groups (broad SMARTS) is 1. The molecule has 8 nitrogen and oxygen atoms in total. The highest BCUT2D eigenvalue weighted by molar-refractivity contribution is 5.93. The number of carbonyl (C=O) groups is 2. The summed E-state index contributed by atoms with van der Waals surface area (Å²) in [4.78, 5) is 26.1. The van der Waals surface area contributed by atoms with E-state index in [1.54, 1.807) is 25.3 Å². The van der Waals surface area contributed by atoms with Crippen molar-refractivity contribution < 1.29 is 28.9 Å². The first-order valence-corrected chi connectivity index (χ1v) is 10.2. The minimum Gasteiger partial charge on any atom is -0.550 e. The second kappa shape index (κ2) is 10.2. The number of hydrogen-bond acceptors (Lipinski definition) is 7. The summed E-state index contributed by atoms with van der Waals surface area (Å²) in [5.74, 6) is 0.262. The lowest BCUT2D eigenvalue weighted by Gasteiger charge is -2.37. The van der Waals surface area contributed by atoms with Crippen LogP contribution in [0.2, 0.25) is 0 Å². The highest BCUT2D eigenvalue weighted by Gasteiger charge is 2.30. The van der Waals surface area contributed by atoms with Gasteiger partial charge >= 0.3 is 0 Å². The van der Waals surface area contributed by atoms with Crippen LogP contribution >= 0.6 is 0 Å². The van der Waals surface area contributed by atoms with E-state index in [2.05, 4.69) is 5.32 Å². The van der Waals surface area contributed by atoms with Gasteiger partial charge in [0.15, 0.2) is 11.5 Å². The molecule has 1 N–H and O–H groups in total. The molecule has 0 fully saturated rings. The van der Waals surface area contributed by atoms with Crippen LogP contribution in [0.15, 0.2) is 36.4 Å². The number of fused-ring (bicyclic) bond motifs is 1. The number of amides is 1. The molecule has 2 aromatic carbocycles. The number of para-hydroxylation sites is 2. The number of hydrogen-bond donors (Lipinski definition) is 1. The van der Waals surface area contributed by atoms with Crippen molar-refractivity contribution in [2.45, 2.75) is 25.8 Å². The molecular weight excluding hydrogens is 400 g/mol. The predicted molar refractivity (Wildman–Crippen MR) is 113 cm³/mol. The summed E-state index contributed by atoms with van der Waals surface area (Å²) >= 11 is 0. The molecule has 0 saturated heterocycles. The Labute approximate surface area is 181 Å². The third-order valence-electron chi connectivity index (χ3n) is 5.28. The molecule has 0 spiro atoms. The van der Waals surface area contributed by atoms with Crippen LogP contribution in [0.5, 0.6) is 17.2 Å². The van der Waals surface area contributed by atoms with Gasteiger partial charge < -0.3 is 29.4 Å². The number of aliphatic carboxylic acids is 1. The van der Waals surface area contributed by atoms with E-state index in [0.717, 1.165) is 11.1 Å². The first-order chi connectivity index (χ1) is 15.0. The van der Waals surface area contributed by atoms with Gasteiger partial charge in [-0.2, -0.15) is 0 Å². The number of carboxylic acids is 1. The predicted octanol–water partition coefficient (Wildman–Crippen LogP) is 1.78. The summed E-state index contributed by atoms with van der Waals surface area (Å²) in [6, 6.07) is 10.3. The first-order valence-electron chi connectivity index (χ1n) is 10.2. The average molecular weight is 427 g/mol. The Balaban J connectivity index is 1.82. The zero-order valence-electron chi connectivity index (χ0n) is 18.0. The molecule has 0 radical (unpaired) electrons. The quantitative estimate of drug-likeness (QED) is 0.651. The van der Waals surface area contributed by atoms with Gasteiger partial charge in [0.1, 0.15) is 5.75 Å². The van der Waals surface area contributed by atoms with E-state index >= 15 is 0 Å². The third kappa shape index (κ3) is 5.27. The zero-order chi connectivity index (χ0) is 22.4. The van der Waals surface area contributed by atoms with Crippen LogP contribution < -0.4 is 24.6 Å². The molecule has 8 heteroatoms. The van der Waals surface area contributed by atoms with E-state index in [0.29, 0.717) is 42.5 Å². The van der Waals surface area contributed by atoms with Gasteiger partial charge in [-0.05, 0) is 48.7 Å².